The lowest BCUT2D eigenvalue weighted by molar-refractivity contribution is 0.154. The van der Waals surface area contributed by atoms with Crippen molar-refractivity contribution in [2.75, 3.05) is 0 Å². The summed E-state index contributed by atoms with van der Waals surface area (Å²) in [7, 11) is 0. The Morgan fingerprint density at radius 2 is 2.12 bits per heavy atom. The van der Waals surface area contributed by atoms with Crippen molar-refractivity contribution in [2.24, 2.45) is 11.8 Å². The first kappa shape index (κ1) is 10.2. The third kappa shape index (κ3) is 1.30. The highest BCUT2D eigenvalue weighted by Gasteiger charge is 2.44. The highest BCUT2D eigenvalue weighted by molar-refractivity contribution is 5.31. The quantitative estimate of drug-likeness (QED) is 0.595. The molecule has 0 saturated heterocycles. The molecule has 2 atom stereocenters. The van der Waals surface area contributed by atoms with Crippen LogP contribution in [0.2, 0.25) is 0 Å². The molecule has 1 heteroatoms. The number of fused-ring (bicyclic) bond motifs is 2. The molecule has 16 heavy (non-hydrogen) atoms. The van der Waals surface area contributed by atoms with E-state index in [4.69, 9.17) is 4.42 Å². The van der Waals surface area contributed by atoms with Crippen LogP contribution in [-0.4, -0.2) is 0 Å². The molecule has 1 heterocycles. The number of rotatable bonds is 0. The van der Waals surface area contributed by atoms with Gasteiger partial charge in [0, 0.05) is 5.41 Å². The van der Waals surface area contributed by atoms with Crippen LogP contribution in [0.5, 0.6) is 0 Å². The molecule has 1 aromatic rings. The minimum absolute atomic E-state index is 0.207. The molecule has 0 radical (unpaired) electrons. The number of hydrogen-bond donors (Lipinski definition) is 0. The molecule has 2 aliphatic carbocycles. The Morgan fingerprint density at radius 3 is 2.94 bits per heavy atom. The lowest BCUT2D eigenvalue weighted by Crippen LogP contribution is -2.40. The van der Waals surface area contributed by atoms with Gasteiger partial charge in [0.05, 0.1) is 6.26 Å². The summed E-state index contributed by atoms with van der Waals surface area (Å²) in [5.41, 5.74) is 3.23. The lowest BCUT2D eigenvalue weighted by atomic mass is 9.59. The predicted molar refractivity (Wildman–Crippen MR) is 65.4 cm³/mol. The molecule has 86 valence electrons. The lowest BCUT2D eigenvalue weighted by Gasteiger charge is -2.44. The highest BCUT2D eigenvalue weighted by atomic mass is 16.3. The van der Waals surface area contributed by atoms with E-state index in [-0.39, 0.29) is 5.41 Å². The van der Waals surface area contributed by atoms with Gasteiger partial charge in [0.2, 0.25) is 0 Å². The van der Waals surface area contributed by atoms with E-state index in [0.717, 1.165) is 11.8 Å². The second kappa shape index (κ2) is 3.26. The highest BCUT2D eigenvalue weighted by Crippen LogP contribution is 2.49. The smallest absolute Gasteiger partial charge is 0.112 e. The fourth-order valence-corrected chi connectivity index (χ4v) is 3.77. The summed E-state index contributed by atoms with van der Waals surface area (Å²) in [6.45, 7) is 6.97. The maximum atomic E-state index is 5.73. The predicted octanol–water partition coefficient (Wildman–Crippen LogP) is 4.09. The first-order chi connectivity index (χ1) is 7.59. The van der Waals surface area contributed by atoms with Gasteiger partial charge in [0.1, 0.15) is 5.76 Å². The minimum atomic E-state index is 0.207. The van der Waals surface area contributed by atoms with Crippen LogP contribution in [-0.2, 0) is 11.8 Å². The van der Waals surface area contributed by atoms with E-state index in [1.165, 1.54) is 30.6 Å². The monoisotopic (exact) mass is 216 g/mol. The van der Waals surface area contributed by atoms with Gasteiger partial charge in [0.15, 0.2) is 0 Å². The van der Waals surface area contributed by atoms with Crippen molar-refractivity contribution in [3.8, 4) is 0 Å². The van der Waals surface area contributed by atoms with E-state index in [9.17, 15) is 0 Å². The molecule has 3 rings (SSSR count). The molecule has 0 N–H and O–H groups in total. The fourth-order valence-electron chi connectivity index (χ4n) is 3.77. The van der Waals surface area contributed by atoms with Crippen molar-refractivity contribution in [2.45, 2.75) is 45.4 Å². The van der Waals surface area contributed by atoms with Crippen LogP contribution in [0.25, 0.3) is 0 Å². The summed E-state index contributed by atoms with van der Waals surface area (Å²) in [6.07, 6.45) is 8.01. The van der Waals surface area contributed by atoms with Gasteiger partial charge in [-0.1, -0.05) is 25.5 Å². The Morgan fingerprint density at radius 1 is 1.31 bits per heavy atom. The molecular formula is C15H20O. The van der Waals surface area contributed by atoms with E-state index in [2.05, 4.69) is 32.9 Å². The van der Waals surface area contributed by atoms with Gasteiger partial charge in [-0.25, -0.2) is 0 Å². The summed E-state index contributed by atoms with van der Waals surface area (Å²) in [5.74, 6) is 2.82. The molecule has 0 unspecified atom stereocenters. The van der Waals surface area contributed by atoms with Gasteiger partial charge in [-0.15, -0.1) is 0 Å². The van der Waals surface area contributed by atoms with Crippen LogP contribution in [0.4, 0.5) is 0 Å². The Bertz CT molecular complexity index is 436. The molecule has 0 bridgehead atoms. The van der Waals surface area contributed by atoms with Crippen LogP contribution < -0.4 is 0 Å². The average molecular weight is 216 g/mol. The molecule has 0 spiro atoms. The molecule has 2 aliphatic rings. The van der Waals surface area contributed by atoms with Crippen molar-refractivity contribution in [3.05, 3.63) is 35.3 Å². The second-order valence-electron chi connectivity index (χ2n) is 6.06. The number of hydrogen-bond acceptors (Lipinski definition) is 1. The van der Waals surface area contributed by atoms with Gasteiger partial charge in [-0.3, -0.25) is 0 Å². The SMILES string of the molecule is CC1=CC[C@@H]2[C@@H](C1)Cc1ccoc1C2(C)C. The van der Waals surface area contributed by atoms with Crippen LogP contribution in [0.1, 0.15) is 44.9 Å². The number of furan rings is 1. The average Bonchev–Trinajstić information content (AvgIpc) is 2.65. The van der Waals surface area contributed by atoms with E-state index in [0.29, 0.717) is 0 Å². The van der Waals surface area contributed by atoms with Crippen molar-refractivity contribution in [3.63, 3.8) is 0 Å². The van der Waals surface area contributed by atoms with Crippen molar-refractivity contribution in [1.82, 2.24) is 0 Å². The third-order valence-electron chi connectivity index (χ3n) is 4.61. The second-order valence-corrected chi connectivity index (χ2v) is 6.06. The Labute approximate surface area is 97.5 Å². The maximum absolute atomic E-state index is 5.73. The normalized spacial score (nSPS) is 31.6. The Kier molecular flexibility index (Phi) is 2.07. The molecule has 0 fully saturated rings. The van der Waals surface area contributed by atoms with Gasteiger partial charge in [-0.05, 0) is 49.7 Å². The Hall–Kier alpha value is -0.980. The third-order valence-corrected chi connectivity index (χ3v) is 4.61. The number of allylic oxidation sites excluding steroid dienone is 2. The Balaban J connectivity index is 2.05. The van der Waals surface area contributed by atoms with Gasteiger partial charge >= 0.3 is 0 Å². The van der Waals surface area contributed by atoms with Gasteiger partial charge in [-0.2, -0.15) is 0 Å². The summed E-state index contributed by atoms with van der Waals surface area (Å²) in [4.78, 5) is 0. The summed E-state index contributed by atoms with van der Waals surface area (Å²) in [5, 5.41) is 0. The summed E-state index contributed by atoms with van der Waals surface area (Å²) in [6, 6.07) is 2.17. The van der Waals surface area contributed by atoms with Crippen molar-refractivity contribution in [1.29, 1.82) is 0 Å². The molecule has 0 aromatic carbocycles. The molecular weight excluding hydrogens is 196 g/mol. The zero-order valence-corrected chi connectivity index (χ0v) is 10.4. The van der Waals surface area contributed by atoms with E-state index in [1.54, 1.807) is 5.57 Å². The first-order valence-corrected chi connectivity index (χ1v) is 6.31. The largest absolute Gasteiger partial charge is 0.468 e. The van der Waals surface area contributed by atoms with Crippen LogP contribution in [0, 0.1) is 11.8 Å². The van der Waals surface area contributed by atoms with Gasteiger partial charge < -0.3 is 4.42 Å². The summed E-state index contributed by atoms with van der Waals surface area (Å²) >= 11 is 0. The van der Waals surface area contributed by atoms with E-state index >= 15 is 0 Å². The van der Waals surface area contributed by atoms with Crippen LogP contribution in [0.3, 0.4) is 0 Å². The molecule has 1 aromatic heterocycles. The standard InChI is InChI=1S/C15H20O/c1-10-4-5-13-12(8-10)9-11-6-7-16-14(11)15(13,2)3/h4,6-7,12-13H,5,8-9H2,1-3H3/t12-,13+/m0/s1. The van der Waals surface area contributed by atoms with E-state index < -0.39 is 0 Å². The molecule has 0 saturated carbocycles. The maximum Gasteiger partial charge on any atom is 0.112 e. The summed E-state index contributed by atoms with van der Waals surface area (Å²) < 4.78 is 5.73. The zero-order chi connectivity index (χ0) is 11.3. The minimum Gasteiger partial charge on any atom is -0.468 e. The molecule has 0 amide bonds. The van der Waals surface area contributed by atoms with Crippen LogP contribution >= 0.6 is 0 Å². The van der Waals surface area contributed by atoms with E-state index in [1.807, 2.05) is 6.26 Å². The molecule has 1 nitrogen and oxygen atoms in total. The first-order valence-electron chi connectivity index (χ1n) is 6.31. The van der Waals surface area contributed by atoms with Gasteiger partial charge in [0.25, 0.3) is 0 Å². The fraction of sp³-hybridized carbons (Fsp3) is 0.600. The van der Waals surface area contributed by atoms with Crippen molar-refractivity contribution >= 4 is 0 Å². The topological polar surface area (TPSA) is 13.1 Å². The molecule has 0 aliphatic heterocycles. The van der Waals surface area contributed by atoms with Crippen molar-refractivity contribution < 1.29 is 4.42 Å². The zero-order valence-electron chi connectivity index (χ0n) is 10.4. The van der Waals surface area contributed by atoms with Crippen LogP contribution in [0.15, 0.2) is 28.4 Å².